The van der Waals surface area contributed by atoms with Gasteiger partial charge >= 0.3 is 0 Å². The van der Waals surface area contributed by atoms with E-state index < -0.39 is 16.6 Å². The number of fused-ring (bicyclic) bond motifs is 5. The Morgan fingerprint density at radius 2 is 1.98 bits per heavy atom. The van der Waals surface area contributed by atoms with Crippen molar-refractivity contribution in [3.63, 3.8) is 0 Å². The van der Waals surface area contributed by atoms with Crippen LogP contribution in [0.15, 0.2) is 48.6 Å². The van der Waals surface area contributed by atoms with Gasteiger partial charge in [-0.25, -0.2) is 4.21 Å². The molecule has 1 amide bonds. The van der Waals surface area contributed by atoms with Crippen molar-refractivity contribution in [1.82, 2.24) is 4.72 Å². The highest BCUT2D eigenvalue weighted by molar-refractivity contribution is 7.84. The fraction of sp³-hybridized carbons (Fsp3) is 0.571. The number of rotatable bonds is 0. The van der Waals surface area contributed by atoms with Gasteiger partial charge in [-0.15, -0.1) is 0 Å². The highest BCUT2D eigenvalue weighted by Gasteiger charge is 2.50. The average Bonchev–Trinajstić information content (AvgIpc) is 3.15. The number of ether oxygens (including phenoxy) is 3. The monoisotopic (exact) mass is 638 g/mol. The smallest absolute Gasteiger partial charge is 0.263 e. The van der Waals surface area contributed by atoms with Crippen molar-refractivity contribution in [3.8, 4) is 5.75 Å². The van der Waals surface area contributed by atoms with E-state index in [4.69, 9.17) is 25.8 Å². The Labute approximate surface area is 268 Å². The number of carbonyl (C=O) groups excluding carboxylic acids is 1. The fourth-order valence-electron chi connectivity index (χ4n) is 8.10. The first kappa shape index (κ1) is 30.3. The minimum absolute atomic E-state index is 0.111. The first-order valence-electron chi connectivity index (χ1n) is 16.2. The summed E-state index contributed by atoms with van der Waals surface area (Å²) in [5.41, 5.74) is 3.37. The predicted octanol–water partition coefficient (Wildman–Crippen LogP) is 6.00. The number of hydrogen-bond acceptors (Lipinski definition) is 6. The molecular formula is C35H43ClN2O5S. The van der Waals surface area contributed by atoms with Crippen LogP contribution in [0.25, 0.3) is 0 Å². The third kappa shape index (κ3) is 5.50. The number of anilines is 1. The minimum Gasteiger partial charge on any atom is -0.490 e. The molecule has 2 fully saturated rings. The number of benzene rings is 2. The molecule has 7 atom stereocenters. The summed E-state index contributed by atoms with van der Waals surface area (Å²) in [5, 5.41) is 0.554. The van der Waals surface area contributed by atoms with Crippen LogP contribution >= 0.6 is 11.6 Å². The number of amides is 1. The lowest BCUT2D eigenvalue weighted by molar-refractivity contribution is -0.182. The number of nitrogens with one attached hydrogen (secondary N) is 1. The van der Waals surface area contributed by atoms with Crippen molar-refractivity contribution in [2.75, 3.05) is 44.4 Å². The molecule has 1 N–H and O–H groups in total. The van der Waals surface area contributed by atoms with E-state index >= 15 is 0 Å². The summed E-state index contributed by atoms with van der Waals surface area (Å²) in [4.78, 5) is 15.9. The van der Waals surface area contributed by atoms with Crippen LogP contribution in [0.3, 0.4) is 0 Å². The Hall–Kier alpha value is -2.39. The van der Waals surface area contributed by atoms with Gasteiger partial charge in [-0.1, -0.05) is 36.7 Å². The molecule has 5 aliphatic rings. The van der Waals surface area contributed by atoms with Crippen LogP contribution < -0.4 is 14.4 Å². The van der Waals surface area contributed by atoms with E-state index in [9.17, 15) is 9.00 Å². The zero-order valence-corrected chi connectivity index (χ0v) is 27.3. The van der Waals surface area contributed by atoms with E-state index in [0.717, 1.165) is 68.1 Å². The number of aryl methyl sites for hydroxylation is 1. The normalized spacial score (nSPS) is 36.3. The molecule has 3 heterocycles. The van der Waals surface area contributed by atoms with Gasteiger partial charge in [0.05, 0.1) is 37.4 Å². The zero-order chi connectivity index (χ0) is 30.5. The SMILES string of the molecule is CC1C/C=C/[C@]2(COCCO2)C2CCC2CN2C[C@@]3(CCCc4cc(Cl)ccc43)COc3ccc(cc32)C(=O)NS(=O)C1C. The Bertz CT molecular complexity index is 1480. The first-order valence-corrected chi connectivity index (χ1v) is 17.8. The summed E-state index contributed by atoms with van der Waals surface area (Å²) < 4.78 is 35.4. The molecule has 7 rings (SSSR count). The van der Waals surface area contributed by atoms with Gasteiger partial charge in [0.2, 0.25) is 0 Å². The predicted molar refractivity (Wildman–Crippen MR) is 174 cm³/mol. The Kier molecular flexibility index (Phi) is 8.32. The van der Waals surface area contributed by atoms with Crippen LogP contribution in [0.2, 0.25) is 5.02 Å². The van der Waals surface area contributed by atoms with E-state index in [1.807, 2.05) is 25.1 Å². The number of allylic oxidation sites excluding steroid dienone is 1. The third-order valence-corrected chi connectivity index (χ3v) is 12.7. The molecule has 2 aliphatic carbocycles. The minimum atomic E-state index is -1.53. The van der Waals surface area contributed by atoms with Gasteiger partial charge in [0, 0.05) is 29.1 Å². The van der Waals surface area contributed by atoms with Crippen molar-refractivity contribution >= 4 is 34.2 Å². The molecule has 2 bridgehead atoms. The van der Waals surface area contributed by atoms with Crippen LogP contribution in [-0.4, -0.2) is 60.5 Å². The summed E-state index contributed by atoms with van der Waals surface area (Å²) in [7, 11) is -1.53. The van der Waals surface area contributed by atoms with Crippen molar-refractivity contribution in [3.05, 3.63) is 70.3 Å². The van der Waals surface area contributed by atoms with Crippen LogP contribution in [0, 0.1) is 17.8 Å². The summed E-state index contributed by atoms with van der Waals surface area (Å²) >= 11 is 6.45. The summed E-state index contributed by atoms with van der Waals surface area (Å²) in [5.74, 6) is 1.29. The second-order valence-electron chi connectivity index (χ2n) is 13.6. The number of nitrogens with zero attached hydrogens (tertiary/aromatic N) is 1. The van der Waals surface area contributed by atoms with Gasteiger partial charge in [-0.2, -0.15) is 0 Å². The van der Waals surface area contributed by atoms with Crippen LogP contribution in [-0.2, 0) is 32.3 Å². The van der Waals surface area contributed by atoms with Crippen molar-refractivity contribution in [1.29, 1.82) is 0 Å². The van der Waals surface area contributed by atoms with E-state index in [1.165, 1.54) is 11.1 Å². The summed E-state index contributed by atoms with van der Waals surface area (Å²) in [6.07, 6.45) is 10.5. The lowest BCUT2D eigenvalue weighted by atomic mass is 9.64. The Morgan fingerprint density at radius 1 is 1.09 bits per heavy atom. The summed E-state index contributed by atoms with van der Waals surface area (Å²) in [6, 6.07) is 12.0. The van der Waals surface area contributed by atoms with Gasteiger partial charge in [-0.05, 0) is 105 Å². The molecule has 2 aromatic carbocycles. The highest BCUT2D eigenvalue weighted by atomic mass is 35.5. The molecule has 3 aliphatic heterocycles. The zero-order valence-electron chi connectivity index (χ0n) is 25.7. The van der Waals surface area contributed by atoms with E-state index in [0.29, 0.717) is 43.8 Å². The highest BCUT2D eigenvalue weighted by Crippen LogP contribution is 2.49. The standard InChI is InChI=1S/C35H43ClN2O5S/c1-23-5-3-14-35(22-41-15-16-43-35)30-10-7-27(30)19-38-20-34(13-4-6-25-17-28(36)9-11-29(25)34)21-42-32-12-8-26(18-31(32)38)33(39)37-44(40)24(23)2/h3,8-9,11-12,14,17-18,23-24,27,30H,4-7,10,13,15-16,19-22H2,1-2H3,(H,37,39)/b14-3+/t23?,24?,27?,30?,34-,35-,44?/m0/s1. The fourth-order valence-corrected chi connectivity index (χ4v) is 9.31. The molecule has 7 nitrogen and oxygen atoms in total. The quantitative estimate of drug-likeness (QED) is 0.357. The van der Waals surface area contributed by atoms with E-state index in [1.54, 1.807) is 6.07 Å². The maximum Gasteiger partial charge on any atom is 0.263 e. The van der Waals surface area contributed by atoms with Crippen LogP contribution in [0.4, 0.5) is 5.69 Å². The van der Waals surface area contributed by atoms with Crippen molar-refractivity contribution in [2.45, 2.75) is 68.6 Å². The Balaban J connectivity index is 1.31. The number of hydrogen-bond donors (Lipinski definition) is 1. The third-order valence-electron chi connectivity index (χ3n) is 11.0. The number of halogens is 1. The first-order chi connectivity index (χ1) is 21.3. The van der Waals surface area contributed by atoms with Crippen LogP contribution in [0.5, 0.6) is 5.75 Å². The lowest BCUT2D eigenvalue weighted by Gasteiger charge is -2.52. The van der Waals surface area contributed by atoms with Gasteiger partial charge in [0.25, 0.3) is 5.91 Å². The maximum absolute atomic E-state index is 13.4. The molecule has 9 heteroatoms. The Morgan fingerprint density at radius 3 is 2.77 bits per heavy atom. The second kappa shape index (κ2) is 12.1. The van der Waals surface area contributed by atoms with Crippen molar-refractivity contribution in [2.24, 2.45) is 17.8 Å². The van der Waals surface area contributed by atoms with E-state index in [2.05, 4.69) is 40.8 Å². The van der Waals surface area contributed by atoms with Gasteiger partial charge in [0.1, 0.15) is 22.3 Å². The van der Waals surface area contributed by atoms with Crippen LogP contribution in [0.1, 0.15) is 67.4 Å². The average molecular weight is 639 g/mol. The molecule has 0 radical (unpaired) electrons. The lowest BCUT2D eigenvalue weighted by Crippen LogP contribution is -2.56. The van der Waals surface area contributed by atoms with Gasteiger partial charge in [-0.3, -0.25) is 9.52 Å². The van der Waals surface area contributed by atoms with Crippen molar-refractivity contribution < 1.29 is 23.2 Å². The molecule has 5 unspecified atom stereocenters. The molecule has 236 valence electrons. The van der Waals surface area contributed by atoms with Gasteiger partial charge < -0.3 is 19.1 Å². The second-order valence-corrected chi connectivity index (χ2v) is 15.6. The molecule has 0 aromatic heterocycles. The topological polar surface area (TPSA) is 77.1 Å². The number of carbonyl (C=O) groups is 1. The van der Waals surface area contributed by atoms with Gasteiger partial charge in [0.15, 0.2) is 0 Å². The molecule has 1 saturated carbocycles. The molecule has 2 spiro atoms. The maximum atomic E-state index is 13.4. The molecule has 44 heavy (non-hydrogen) atoms. The molecule has 1 saturated heterocycles. The largest absolute Gasteiger partial charge is 0.490 e. The van der Waals surface area contributed by atoms with E-state index in [-0.39, 0.29) is 22.5 Å². The summed E-state index contributed by atoms with van der Waals surface area (Å²) in [6.45, 7) is 7.96. The molecular weight excluding hydrogens is 596 g/mol. The molecule has 2 aromatic rings.